The van der Waals surface area contributed by atoms with Gasteiger partial charge in [0.2, 0.25) is 0 Å². The maximum absolute atomic E-state index is 12.1. The first-order chi connectivity index (χ1) is 11.5. The van der Waals surface area contributed by atoms with Crippen LogP contribution in [-0.2, 0) is 17.2 Å². The number of carbonyl (C=O) groups is 1. The molecule has 0 saturated heterocycles. The number of aromatic nitrogens is 2. The molecular weight excluding hydrogens is 365 g/mol. The maximum Gasteiger partial charge on any atom is 0.390 e. The summed E-state index contributed by atoms with van der Waals surface area (Å²) in [5.41, 5.74) is 0.832. The van der Waals surface area contributed by atoms with Crippen LogP contribution in [0.1, 0.15) is 16.9 Å². The van der Waals surface area contributed by atoms with Gasteiger partial charge in [0.25, 0.3) is 0 Å². The summed E-state index contributed by atoms with van der Waals surface area (Å²) in [6.45, 7) is 0. The van der Waals surface area contributed by atoms with Gasteiger partial charge in [0, 0.05) is 12.6 Å². The number of rotatable bonds is 6. The van der Waals surface area contributed by atoms with Crippen LogP contribution in [0.3, 0.4) is 0 Å². The molecule has 11 heteroatoms. The molecule has 0 radical (unpaired) electrons. The summed E-state index contributed by atoms with van der Waals surface area (Å²) >= 11 is 0. The molecular formula is C14H13F3N2O5S. The largest absolute Gasteiger partial charge is 0.476 e. The van der Waals surface area contributed by atoms with Gasteiger partial charge in [0.05, 0.1) is 17.9 Å². The van der Waals surface area contributed by atoms with Crippen molar-refractivity contribution < 1.29 is 35.7 Å². The van der Waals surface area contributed by atoms with E-state index in [-0.39, 0.29) is 11.4 Å². The monoisotopic (exact) mass is 378 g/mol. The minimum Gasteiger partial charge on any atom is -0.476 e. The van der Waals surface area contributed by atoms with Crippen LogP contribution in [0.2, 0.25) is 0 Å². The summed E-state index contributed by atoms with van der Waals surface area (Å²) in [4.78, 5) is 10.9. The van der Waals surface area contributed by atoms with Gasteiger partial charge < -0.3 is 9.29 Å². The van der Waals surface area contributed by atoms with Crippen LogP contribution >= 0.6 is 0 Å². The van der Waals surface area contributed by atoms with Crippen molar-refractivity contribution in [2.45, 2.75) is 12.6 Å². The first-order valence-electron chi connectivity index (χ1n) is 6.83. The number of aromatic carboxylic acids is 1. The molecule has 0 amide bonds. The highest BCUT2D eigenvalue weighted by atomic mass is 32.2. The first kappa shape index (κ1) is 18.8. The zero-order chi connectivity index (χ0) is 18.8. The van der Waals surface area contributed by atoms with Crippen molar-refractivity contribution in [1.82, 2.24) is 9.78 Å². The highest BCUT2D eigenvalue weighted by Crippen LogP contribution is 2.25. The van der Waals surface area contributed by atoms with Gasteiger partial charge in [-0.2, -0.15) is 26.7 Å². The van der Waals surface area contributed by atoms with E-state index in [4.69, 9.17) is 5.11 Å². The van der Waals surface area contributed by atoms with Gasteiger partial charge in [-0.05, 0) is 30.3 Å². The predicted molar refractivity (Wildman–Crippen MR) is 80.7 cm³/mol. The molecule has 0 aliphatic heterocycles. The molecule has 0 bridgehead atoms. The lowest BCUT2D eigenvalue weighted by Gasteiger charge is -2.09. The molecule has 0 unspecified atom stereocenters. The third kappa shape index (κ3) is 5.21. The van der Waals surface area contributed by atoms with Gasteiger partial charge in [-0.3, -0.25) is 4.68 Å². The third-order valence-electron chi connectivity index (χ3n) is 3.11. The summed E-state index contributed by atoms with van der Waals surface area (Å²) in [6.07, 6.45) is -6.10. The quantitative estimate of drug-likeness (QED) is 0.776. The van der Waals surface area contributed by atoms with E-state index < -0.39 is 34.4 Å². The lowest BCUT2D eigenvalue weighted by atomic mass is 10.1. The topological polar surface area (TPSA) is 98.5 Å². The lowest BCUT2D eigenvalue weighted by molar-refractivity contribution is -0.130. The number of halogens is 3. The van der Waals surface area contributed by atoms with Crippen molar-refractivity contribution in [3.8, 4) is 17.0 Å². The summed E-state index contributed by atoms with van der Waals surface area (Å²) < 4.78 is 65.3. The van der Waals surface area contributed by atoms with Crippen LogP contribution in [0.25, 0.3) is 11.3 Å². The van der Waals surface area contributed by atoms with Crippen molar-refractivity contribution in [1.29, 1.82) is 0 Å². The number of carboxylic acid groups (broad SMARTS) is 1. The Morgan fingerprint density at radius 3 is 2.36 bits per heavy atom. The summed E-state index contributed by atoms with van der Waals surface area (Å²) in [5, 5.41) is 12.7. The smallest absolute Gasteiger partial charge is 0.390 e. The molecule has 0 aliphatic carbocycles. The normalized spacial score (nSPS) is 12.2. The molecule has 0 saturated carbocycles. The highest BCUT2D eigenvalue weighted by Gasteiger charge is 2.30. The van der Waals surface area contributed by atoms with Crippen molar-refractivity contribution in [3.05, 3.63) is 36.0 Å². The Labute approximate surface area is 140 Å². The van der Waals surface area contributed by atoms with Crippen LogP contribution in [-0.4, -0.2) is 41.2 Å². The van der Waals surface area contributed by atoms with E-state index in [0.717, 1.165) is 0 Å². The molecule has 1 aromatic carbocycles. The van der Waals surface area contributed by atoms with E-state index >= 15 is 0 Å². The molecule has 1 aromatic heterocycles. The number of benzene rings is 1. The van der Waals surface area contributed by atoms with E-state index in [1.54, 1.807) is 0 Å². The molecule has 0 spiro atoms. The lowest BCUT2D eigenvalue weighted by Crippen LogP contribution is -2.20. The van der Waals surface area contributed by atoms with Crippen molar-refractivity contribution in [2.75, 3.05) is 5.75 Å². The van der Waals surface area contributed by atoms with Crippen molar-refractivity contribution in [3.63, 3.8) is 0 Å². The second-order valence-corrected chi connectivity index (χ2v) is 6.77. The minimum atomic E-state index is -4.60. The summed E-state index contributed by atoms with van der Waals surface area (Å²) in [7, 11) is -2.84. The molecule has 25 heavy (non-hydrogen) atoms. The van der Waals surface area contributed by atoms with Gasteiger partial charge in [0.15, 0.2) is 5.69 Å². The van der Waals surface area contributed by atoms with Crippen molar-refractivity contribution >= 4 is 16.1 Å². The summed E-state index contributed by atoms with van der Waals surface area (Å²) in [6, 6.07) is 6.73. The minimum absolute atomic E-state index is 0.147. The fraction of sp³-hybridized carbons (Fsp3) is 0.286. The number of aryl methyl sites for hydroxylation is 1. The van der Waals surface area contributed by atoms with Crippen LogP contribution in [0.5, 0.6) is 5.75 Å². The van der Waals surface area contributed by atoms with Gasteiger partial charge in [-0.1, -0.05) is 0 Å². The second kappa shape index (κ2) is 6.75. The van der Waals surface area contributed by atoms with Crippen LogP contribution in [0, 0.1) is 0 Å². The molecule has 1 N–H and O–H groups in total. The second-order valence-electron chi connectivity index (χ2n) is 5.08. The Kier molecular flexibility index (Phi) is 5.07. The zero-order valence-corrected chi connectivity index (χ0v) is 13.6. The maximum atomic E-state index is 12.1. The third-order valence-corrected chi connectivity index (χ3v) is 4.26. The molecule has 2 rings (SSSR count). The molecule has 0 fully saturated rings. The van der Waals surface area contributed by atoms with Gasteiger partial charge >= 0.3 is 22.3 Å². The number of alkyl halides is 3. The highest BCUT2D eigenvalue weighted by molar-refractivity contribution is 7.87. The Balaban J connectivity index is 2.13. The fourth-order valence-corrected chi connectivity index (χ4v) is 2.92. The fourth-order valence-electron chi connectivity index (χ4n) is 1.95. The molecule has 136 valence electrons. The first-order valence-corrected chi connectivity index (χ1v) is 8.41. The average molecular weight is 378 g/mol. The standard InChI is InChI=1S/C14H13F3N2O5S/c1-19-12(8-11(18-19)13(20)21)9-2-4-10(5-3-9)24-25(22,23)7-6-14(15,16)17/h2-5,8H,6-7H2,1H3,(H,20,21). The number of nitrogens with zero attached hydrogens (tertiary/aromatic N) is 2. The number of hydrogen-bond donors (Lipinski definition) is 1. The molecule has 0 atom stereocenters. The average Bonchev–Trinajstić information content (AvgIpc) is 2.87. The Bertz CT molecular complexity index is 873. The van der Waals surface area contributed by atoms with E-state index in [9.17, 15) is 26.4 Å². The van der Waals surface area contributed by atoms with Crippen LogP contribution < -0.4 is 4.18 Å². The van der Waals surface area contributed by atoms with Crippen LogP contribution in [0.4, 0.5) is 13.2 Å². The van der Waals surface area contributed by atoms with E-state index in [1.165, 1.54) is 42.1 Å². The van der Waals surface area contributed by atoms with Gasteiger partial charge in [0.1, 0.15) is 5.75 Å². The Morgan fingerprint density at radius 1 is 1.28 bits per heavy atom. The van der Waals surface area contributed by atoms with E-state index in [2.05, 4.69) is 9.28 Å². The van der Waals surface area contributed by atoms with E-state index in [1.807, 2.05) is 0 Å². The Hall–Kier alpha value is -2.56. The van der Waals surface area contributed by atoms with Gasteiger partial charge in [-0.25, -0.2) is 4.79 Å². The molecule has 0 aliphatic rings. The SMILES string of the molecule is Cn1nc(C(=O)O)cc1-c1ccc(OS(=O)(=O)CCC(F)(F)F)cc1. The Morgan fingerprint density at radius 2 is 1.88 bits per heavy atom. The molecule has 2 aromatic rings. The summed E-state index contributed by atoms with van der Waals surface area (Å²) in [5.74, 6) is -2.52. The molecule has 1 heterocycles. The van der Waals surface area contributed by atoms with E-state index in [0.29, 0.717) is 11.3 Å². The zero-order valence-electron chi connectivity index (χ0n) is 12.8. The van der Waals surface area contributed by atoms with Crippen molar-refractivity contribution in [2.24, 2.45) is 7.05 Å². The predicted octanol–water partition coefficient (Wildman–Crippen LogP) is 2.45. The van der Waals surface area contributed by atoms with Crippen LogP contribution in [0.15, 0.2) is 30.3 Å². The molecule has 7 nitrogen and oxygen atoms in total. The number of carboxylic acids is 1. The number of hydrogen-bond acceptors (Lipinski definition) is 5. The van der Waals surface area contributed by atoms with Gasteiger partial charge in [-0.15, -0.1) is 0 Å².